The second kappa shape index (κ2) is 8.72. The molecular weight excluding hydrogens is 343 g/mol. The summed E-state index contributed by atoms with van der Waals surface area (Å²) in [4.78, 5) is 13.2. The molecule has 0 aliphatic carbocycles. The fourth-order valence-corrected chi connectivity index (χ4v) is 3.00. The van der Waals surface area contributed by atoms with Crippen molar-refractivity contribution in [3.8, 4) is 0 Å². The smallest absolute Gasteiger partial charge is 0.401 e. The maximum absolute atomic E-state index is 12.3. The van der Waals surface area contributed by atoms with Gasteiger partial charge >= 0.3 is 12.1 Å². The molecule has 1 aliphatic heterocycles. The fraction of sp³-hybridized carbons (Fsp3) is 0.588. The zero-order chi connectivity index (χ0) is 17.6. The molecule has 0 radical (unpaired) electrons. The highest BCUT2D eigenvalue weighted by Crippen LogP contribution is 2.22. The minimum absolute atomic E-state index is 0.143. The number of hydrogen-bond donors (Lipinski definition) is 0. The molecule has 0 aromatic heterocycles. The third kappa shape index (κ3) is 7.09. The van der Waals surface area contributed by atoms with Crippen LogP contribution in [0.5, 0.6) is 0 Å². The van der Waals surface area contributed by atoms with Crippen LogP contribution >= 0.6 is 11.6 Å². The summed E-state index contributed by atoms with van der Waals surface area (Å²) in [6.07, 6.45) is -2.08. The third-order valence-corrected chi connectivity index (χ3v) is 4.33. The average molecular weight is 364 g/mol. The van der Waals surface area contributed by atoms with E-state index in [0.29, 0.717) is 37.4 Å². The van der Waals surface area contributed by atoms with Gasteiger partial charge in [-0.1, -0.05) is 23.7 Å². The lowest BCUT2D eigenvalue weighted by atomic mass is 9.98. The average Bonchev–Trinajstić information content (AvgIpc) is 2.51. The number of ether oxygens (including phenoxy) is 1. The predicted octanol–water partition coefficient (Wildman–Crippen LogP) is 4.09. The molecule has 0 saturated carbocycles. The second-order valence-electron chi connectivity index (χ2n) is 6.15. The van der Waals surface area contributed by atoms with Crippen molar-refractivity contribution in [3.63, 3.8) is 0 Å². The Bertz CT molecular complexity index is 543. The van der Waals surface area contributed by atoms with Crippen molar-refractivity contribution in [1.82, 2.24) is 4.90 Å². The van der Waals surface area contributed by atoms with Crippen molar-refractivity contribution in [1.29, 1.82) is 0 Å². The van der Waals surface area contributed by atoms with Gasteiger partial charge < -0.3 is 4.74 Å². The topological polar surface area (TPSA) is 29.5 Å². The van der Waals surface area contributed by atoms with E-state index in [1.54, 1.807) is 6.07 Å². The van der Waals surface area contributed by atoms with Crippen molar-refractivity contribution in [2.75, 3.05) is 26.2 Å². The van der Waals surface area contributed by atoms with Crippen LogP contribution in [-0.4, -0.2) is 43.3 Å². The van der Waals surface area contributed by atoms with Gasteiger partial charge in [-0.3, -0.25) is 9.69 Å². The van der Waals surface area contributed by atoms with Crippen molar-refractivity contribution in [2.24, 2.45) is 5.92 Å². The number of nitrogens with zero attached hydrogens (tertiary/aromatic N) is 1. The standard InChI is InChI=1S/C17H21ClF3NO2/c18-15-3-1-2-13(10-15)4-5-16(23)24-11-14-6-8-22(9-7-14)12-17(19,20)21/h1-3,10,14H,4-9,11-12H2. The lowest BCUT2D eigenvalue weighted by Gasteiger charge is -2.31. The molecule has 2 rings (SSSR count). The number of benzene rings is 1. The minimum atomic E-state index is -4.15. The third-order valence-electron chi connectivity index (χ3n) is 4.10. The van der Waals surface area contributed by atoms with E-state index >= 15 is 0 Å². The van der Waals surface area contributed by atoms with Gasteiger partial charge in [-0.05, 0) is 56.0 Å². The van der Waals surface area contributed by atoms with Crippen molar-refractivity contribution in [2.45, 2.75) is 31.9 Å². The van der Waals surface area contributed by atoms with Gasteiger partial charge in [-0.25, -0.2) is 0 Å². The lowest BCUT2D eigenvalue weighted by Crippen LogP contribution is -2.40. The first-order valence-electron chi connectivity index (χ1n) is 8.01. The summed E-state index contributed by atoms with van der Waals surface area (Å²) in [5.41, 5.74) is 0.972. The number of piperidine rings is 1. The lowest BCUT2D eigenvalue weighted by molar-refractivity contribution is -0.150. The molecule has 1 heterocycles. The Morgan fingerprint density at radius 2 is 2.00 bits per heavy atom. The van der Waals surface area contributed by atoms with Gasteiger partial charge in [-0.2, -0.15) is 13.2 Å². The Hall–Kier alpha value is -1.27. The van der Waals surface area contributed by atoms with Crippen LogP contribution in [0.2, 0.25) is 5.02 Å². The van der Waals surface area contributed by atoms with Gasteiger partial charge in [0.05, 0.1) is 13.2 Å². The molecule has 0 unspecified atom stereocenters. The van der Waals surface area contributed by atoms with Gasteiger partial charge in [0.1, 0.15) is 0 Å². The normalized spacial score (nSPS) is 17.0. The fourth-order valence-electron chi connectivity index (χ4n) is 2.79. The molecule has 0 bridgehead atoms. The van der Waals surface area contributed by atoms with Gasteiger partial charge in [-0.15, -0.1) is 0 Å². The number of esters is 1. The number of carbonyl (C=O) groups excluding carboxylic acids is 1. The summed E-state index contributed by atoms with van der Waals surface area (Å²) in [6.45, 7) is 0.210. The monoisotopic (exact) mass is 363 g/mol. The summed E-state index contributed by atoms with van der Waals surface area (Å²) in [7, 11) is 0. The Balaban J connectivity index is 1.63. The molecule has 1 aromatic carbocycles. The van der Waals surface area contributed by atoms with E-state index in [1.165, 1.54) is 4.90 Å². The largest absolute Gasteiger partial charge is 0.465 e. The van der Waals surface area contributed by atoms with Gasteiger partial charge in [0.2, 0.25) is 0 Å². The van der Waals surface area contributed by atoms with E-state index in [1.807, 2.05) is 18.2 Å². The van der Waals surface area contributed by atoms with E-state index < -0.39 is 12.7 Å². The quantitative estimate of drug-likeness (QED) is 0.713. The predicted molar refractivity (Wildman–Crippen MR) is 86.0 cm³/mol. The summed E-state index contributed by atoms with van der Waals surface area (Å²) in [5.74, 6) is -0.141. The molecule has 134 valence electrons. The van der Waals surface area contributed by atoms with Crippen LogP contribution in [0.3, 0.4) is 0 Å². The highest BCUT2D eigenvalue weighted by atomic mass is 35.5. The van der Waals surface area contributed by atoms with E-state index in [-0.39, 0.29) is 24.9 Å². The van der Waals surface area contributed by atoms with E-state index in [4.69, 9.17) is 16.3 Å². The summed E-state index contributed by atoms with van der Waals surface area (Å²) in [5, 5.41) is 0.631. The van der Waals surface area contributed by atoms with Crippen LogP contribution in [-0.2, 0) is 16.0 Å². The molecule has 1 saturated heterocycles. The van der Waals surface area contributed by atoms with Gasteiger partial charge in [0, 0.05) is 11.4 Å². The highest BCUT2D eigenvalue weighted by Gasteiger charge is 2.32. The van der Waals surface area contributed by atoms with Crippen LogP contribution in [0.1, 0.15) is 24.8 Å². The molecule has 0 N–H and O–H groups in total. The molecule has 0 amide bonds. The van der Waals surface area contributed by atoms with E-state index in [2.05, 4.69) is 0 Å². The van der Waals surface area contributed by atoms with Crippen molar-refractivity contribution >= 4 is 17.6 Å². The summed E-state index contributed by atoms with van der Waals surface area (Å²) in [6, 6.07) is 7.31. The summed E-state index contributed by atoms with van der Waals surface area (Å²) < 4.78 is 42.2. The van der Waals surface area contributed by atoms with Crippen LogP contribution in [0.25, 0.3) is 0 Å². The van der Waals surface area contributed by atoms with Gasteiger partial charge in [0.15, 0.2) is 0 Å². The molecule has 1 aromatic rings. The molecule has 1 fully saturated rings. The number of aryl methyl sites for hydroxylation is 1. The maximum Gasteiger partial charge on any atom is 0.401 e. The van der Waals surface area contributed by atoms with Crippen LogP contribution in [0, 0.1) is 5.92 Å². The van der Waals surface area contributed by atoms with E-state index in [9.17, 15) is 18.0 Å². The molecule has 0 atom stereocenters. The maximum atomic E-state index is 12.3. The number of hydrogen-bond acceptors (Lipinski definition) is 3. The minimum Gasteiger partial charge on any atom is -0.465 e. The van der Waals surface area contributed by atoms with Gasteiger partial charge in [0.25, 0.3) is 0 Å². The Labute approximate surface area is 144 Å². The summed E-state index contributed by atoms with van der Waals surface area (Å²) >= 11 is 5.88. The highest BCUT2D eigenvalue weighted by molar-refractivity contribution is 6.30. The van der Waals surface area contributed by atoms with Crippen molar-refractivity contribution in [3.05, 3.63) is 34.9 Å². The van der Waals surface area contributed by atoms with Crippen LogP contribution < -0.4 is 0 Å². The first kappa shape index (κ1) is 19.1. The molecule has 7 heteroatoms. The number of rotatable bonds is 6. The number of likely N-dealkylation sites (tertiary alicyclic amines) is 1. The van der Waals surface area contributed by atoms with Crippen LogP contribution in [0.4, 0.5) is 13.2 Å². The Kier molecular flexibility index (Phi) is 6.92. The van der Waals surface area contributed by atoms with Crippen molar-refractivity contribution < 1.29 is 22.7 Å². The van der Waals surface area contributed by atoms with E-state index in [0.717, 1.165) is 5.56 Å². The molecule has 0 spiro atoms. The molecule has 24 heavy (non-hydrogen) atoms. The first-order chi connectivity index (χ1) is 11.3. The number of halogens is 4. The van der Waals surface area contributed by atoms with Crippen LogP contribution in [0.15, 0.2) is 24.3 Å². The Morgan fingerprint density at radius 3 is 2.62 bits per heavy atom. The number of carbonyl (C=O) groups is 1. The second-order valence-corrected chi connectivity index (χ2v) is 6.58. The first-order valence-corrected chi connectivity index (χ1v) is 8.39. The Morgan fingerprint density at radius 1 is 1.29 bits per heavy atom. The molecule has 3 nitrogen and oxygen atoms in total. The zero-order valence-corrected chi connectivity index (χ0v) is 14.1. The molecule has 1 aliphatic rings. The SMILES string of the molecule is O=C(CCc1cccc(Cl)c1)OCC1CCN(CC(F)(F)F)CC1. The zero-order valence-electron chi connectivity index (χ0n) is 13.3. The number of alkyl halides is 3. The molecular formula is C17H21ClF3NO2.